The molecule has 2 rings (SSSR count). The molecule has 1 aliphatic rings. The second-order valence-corrected chi connectivity index (χ2v) is 3.83. The number of halogens is 2. The van der Waals surface area contributed by atoms with Crippen LogP contribution in [0.1, 0.15) is 19.3 Å². The Morgan fingerprint density at radius 2 is 2.15 bits per heavy atom. The van der Waals surface area contributed by atoms with Crippen LogP contribution in [0.15, 0.2) is 18.2 Å². The van der Waals surface area contributed by atoms with Crippen molar-refractivity contribution in [1.29, 1.82) is 0 Å². The van der Waals surface area contributed by atoms with E-state index in [9.17, 15) is 4.39 Å². The van der Waals surface area contributed by atoms with Gasteiger partial charge in [0, 0.05) is 11.1 Å². The number of rotatable bonds is 2. The lowest BCUT2D eigenvalue weighted by molar-refractivity contribution is 0.443. The summed E-state index contributed by atoms with van der Waals surface area (Å²) in [5, 5.41) is 3.58. The lowest BCUT2D eigenvalue weighted by atomic mass is 9.93. The molecular weight excluding hydrogens is 189 g/mol. The van der Waals surface area contributed by atoms with Crippen LogP contribution >= 0.6 is 11.6 Å². The van der Waals surface area contributed by atoms with Gasteiger partial charge in [0.05, 0.1) is 5.69 Å². The van der Waals surface area contributed by atoms with Crippen LogP contribution < -0.4 is 5.32 Å². The van der Waals surface area contributed by atoms with Crippen molar-refractivity contribution in [3.05, 3.63) is 29.0 Å². The monoisotopic (exact) mass is 199 g/mol. The lowest BCUT2D eigenvalue weighted by Crippen LogP contribution is -2.27. The van der Waals surface area contributed by atoms with E-state index in [1.165, 1.54) is 12.5 Å². The Balaban J connectivity index is 2.10. The molecule has 0 saturated heterocycles. The van der Waals surface area contributed by atoms with Crippen molar-refractivity contribution in [2.45, 2.75) is 25.3 Å². The molecule has 1 aromatic rings. The first-order chi connectivity index (χ1) is 6.25. The predicted molar refractivity (Wildman–Crippen MR) is 52.7 cm³/mol. The summed E-state index contributed by atoms with van der Waals surface area (Å²) in [6, 6.07) is 5.18. The van der Waals surface area contributed by atoms with Gasteiger partial charge in [-0.1, -0.05) is 11.6 Å². The highest BCUT2D eigenvalue weighted by molar-refractivity contribution is 6.30. The minimum atomic E-state index is -0.264. The second kappa shape index (κ2) is 3.54. The van der Waals surface area contributed by atoms with Gasteiger partial charge in [0.15, 0.2) is 0 Å². The summed E-state index contributed by atoms with van der Waals surface area (Å²) in [5.41, 5.74) is 0.564. The van der Waals surface area contributed by atoms with E-state index in [1.807, 2.05) is 0 Å². The van der Waals surface area contributed by atoms with Crippen molar-refractivity contribution in [1.82, 2.24) is 0 Å². The van der Waals surface area contributed by atoms with E-state index < -0.39 is 0 Å². The molecule has 1 aliphatic carbocycles. The van der Waals surface area contributed by atoms with Gasteiger partial charge in [-0.05, 0) is 37.5 Å². The normalized spacial score (nSPS) is 16.8. The van der Waals surface area contributed by atoms with Crippen molar-refractivity contribution in [2.24, 2.45) is 0 Å². The van der Waals surface area contributed by atoms with Crippen molar-refractivity contribution < 1.29 is 4.39 Å². The Morgan fingerprint density at radius 3 is 2.69 bits per heavy atom. The molecule has 0 unspecified atom stereocenters. The van der Waals surface area contributed by atoms with Crippen LogP contribution in [0, 0.1) is 5.82 Å². The first-order valence-corrected chi connectivity index (χ1v) is 4.85. The summed E-state index contributed by atoms with van der Waals surface area (Å²) in [6.07, 6.45) is 3.52. The van der Waals surface area contributed by atoms with E-state index in [0.29, 0.717) is 16.8 Å². The molecule has 1 fully saturated rings. The smallest absolute Gasteiger partial charge is 0.147 e. The summed E-state index contributed by atoms with van der Waals surface area (Å²) >= 11 is 5.63. The maximum Gasteiger partial charge on any atom is 0.147 e. The molecule has 0 radical (unpaired) electrons. The van der Waals surface area contributed by atoms with E-state index in [1.54, 1.807) is 12.1 Å². The number of anilines is 1. The molecule has 0 bridgehead atoms. The molecule has 1 N–H and O–H groups in total. The van der Waals surface area contributed by atoms with Gasteiger partial charge in [0.2, 0.25) is 0 Å². The van der Waals surface area contributed by atoms with Gasteiger partial charge >= 0.3 is 0 Å². The first kappa shape index (κ1) is 8.82. The number of hydrogen-bond acceptors (Lipinski definition) is 1. The number of hydrogen-bond donors (Lipinski definition) is 1. The highest BCUT2D eigenvalue weighted by Crippen LogP contribution is 2.26. The Morgan fingerprint density at radius 1 is 1.38 bits per heavy atom. The van der Waals surface area contributed by atoms with Gasteiger partial charge in [0.1, 0.15) is 5.82 Å². The third kappa shape index (κ3) is 1.94. The summed E-state index contributed by atoms with van der Waals surface area (Å²) in [6.45, 7) is 0. The number of nitrogens with one attached hydrogen (secondary N) is 1. The number of benzene rings is 1. The molecule has 0 atom stereocenters. The van der Waals surface area contributed by atoms with Crippen LogP contribution in [-0.2, 0) is 0 Å². The molecule has 1 aromatic carbocycles. The molecule has 0 amide bonds. The molecule has 0 spiro atoms. The zero-order valence-electron chi connectivity index (χ0n) is 7.19. The predicted octanol–water partition coefficient (Wildman–Crippen LogP) is 3.44. The zero-order valence-corrected chi connectivity index (χ0v) is 7.94. The molecule has 70 valence electrons. The third-order valence-electron chi connectivity index (χ3n) is 2.40. The molecule has 0 heterocycles. The van der Waals surface area contributed by atoms with Gasteiger partial charge in [-0.15, -0.1) is 0 Å². The molecule has 0 aromatic heterocycles. The van der Waals surface area contributed by atoms with Crippen molar-refractivity contribution in [2.75, 3.05) is 5.32 Å². The maximum absolute atomic E-state index is 13.2. The van der Waals surface area contributed by atoms with Crippen LogP contribution in [0.3, 0.4) is 0 Å². The Labute approximate surface area is 81.9 Å². The summed E-state index contributed by atoms with van der Waals surface area (Å²) in [5.74, 6) is -0.264. The van der Waals surface area contributed by atoms with E-state index in [4.69, 9.17) is 11.6 Å². The van der Waals surface area contributed by atoms with Crippen LogP contribution in [0.25, 0.3) is 0 Å². The second-order valence-electron chi connectivity index (χ2n) is 3.40. The Kier molecular flexibility index (Phi) is 2.40. The van der Waals surface area contributed by atoms with Crippen LogP contribution in [-0.4, -0.2) is 6.04 Å². The molecule has 1 nitrogen and oxygen atoms in total. The Hall–Kier alpha value is -0.760. The van der Waals surface area contributed by atoms with Gasteiger partial charge in [-0.3, -0.25) is 0 Å². The van der Waals surface area contributed by atoms with Gasteiger partial charge in [-0.25, -0.2) is 4.39 Å². The summed E-state index contributed by atoms with van der Waals surface area (Å²) < 4.78 is 13.2. The zero-order chi connectivity index (χ0) is 9.26. The summed E-state index contributed by atoms with van der Waals surface area (Å²) in [4.78, 5) is 0. The van der Waals surface area contributed by atoms with Crippen molar-refractivity contribution in [3.8, 4) is 0 Å². The highest BCUT2D eigenvalue weighted by atomic mass is 35.5. The average Bonchev–Trinajstić information content (AvgIpc) is 1.99. The quantitative estimate of drug-likeness (QED) is 0.770. The Bertz CT molecular complexity index is 310. The molecular formula is C10H11ClFN. The van der Waals surface area contributed by atoms with Crippen LogP contribution in [0.4, 0.5) is 10.1 Å². The van der Waals surface area contributed by atoms with Crippen LogP contribution in [0.5, 0.6) is 0 Å². The average molecular weight is 200 g/mol. The fourth-order valence-corrected chi connectivity index (χ4v) is 1.54. The molecule has 13 heavy (non-hydrogen) atoms. The highest BCUT2D eigenvalue weighted by Gasteiger charge is 2.17. The van der Waals surface area contributed by atoms with E-state index in [2.05, 4.69) is 5.32 Å². The third-order valence-corrected chi connectivity index (χ3v) is 2.63. The molecule has 1 saturated carbocycles. The van der Waals surface area contributed by atoms with Gasteiger partial charge < -0.3 is 5.32 Å². The molecule has 3 heteroatoms. The topological polar surface area (TPSA) is 12.0 Å². The van der Waals surface area contributed by atoms with Gasteiger partial charge in [-0.2, -0.15) is 0 Å². The SMILES string of the molecule is Fc1cc(Cl)ccc1NC1CCC1. The fourth-order valence-electron chi connectivity index (χ4n) is 1.38. The van der Waals surface area contributed by atoms with E-state index in [0.717, 1.165) is 12.8 Å². The van der Waals surface area contributed by atoms with Crippen molar-refractivity contribution >= 4 is 17.3 Å². The lowest BCUT2D eigenvalue weighted by Gasteiger charge is -2.27. The van der Waals surface area contributed by atoms with Crippen molar-refractivity contribution in [3.63, 3.8) is 0 Å². The van der Waals surface area contributed by atoms with E-state index >= 15 is 0 Å². The van der Waals surface area contributed by atoms with E-state index in [-0.39, 0.29) is 5.82 Å². The first-order valence-electron chi connectivity index (χ1n) is 4.47. The minimum Gasteiger partial charge on any atom is -0.380 e. The fraction of sp³-hybridized carbons (Fsp3) is 0.400. The minimum absolute atomic E-state index is 0.264. The standard InChI is InChI=1S/C10H11ClFN/c11-7-4-5-10(9(12)6-7)13-8-2-1-3-8/h4-6,8,13H,1-3H2. The van der Waals surface area contributed by atoms with Gasteiger partial charge in [0.25, 0.3) is 0 Å². The largest absolute Gasteiger partial charge is 0.380 e. The van der Waals surface area contributed by atoms with Crippen LogP contribution in [0.2, 0.25) is 5.02 Å². The summed E-state index contributed by atoms with van der Waals surface area (Å²) in [7, 11) is 0. The molecule has 0 aliphatic heterocycles. The maximum atomic E-state index is 13.2.